The van der Waals surface area contributed by atoms with Gasteiger partial charge in [-0.3, -0.25) is 9.78 Å². The van der Waals surface area contributed by atoms with E-state index in [-0.39, 0.29) is 17.4 Å². The number of amides is 3. The van der Waals surface area contributed by atoms with E-state index in [1.54, 1.807) is 12.4 Å². The number of carbonyl (C=O) groups excluding carboxylic acids is 2. The third-order valence-electron chi connectivity index (χ3n) is 6.13. The third-order valence-corrected chi connectivity index (χ3v) is 6.13. The second-order valence-electron chi connectivity index (χ2n) is 9.95. The van der Waals surface area contributed by atoms with Crippen LogP contribution < -0.4 is 20.7 Å². The summed E-state index contributed by atoms with van der Waals surface area (Å²) < 4.78 is 5.61. The number of methoxy groups -OCH3 is 1. The van der Waals surface area contributed by atoms with Gasteiger partial charge in [0.25, 0.3) is 0 Å². The van der Waals surface area contributed by atoms with E-state index in [0.29, 0.717) is 17.1 Å². The SMILES string of the molecule is COc1c(NC(C)=O)cc(C(C)(C)C)cc1NC(=O)NC1C(=Cc2ccncc2)C=Cc2ccccc21. The summed E-state index contributed by atoms with van der Waals surface area (Å²) in [5.74, 6) is 0.158. The van der Waals surface area contributed by atoms with Gasteiger partial charge in [-0.2, -0.15) is 0 Å². The molecule has 7 heteroatoms. The molecular formula is C30H32N4O3. The van der Waals surface area contributed by atoms with Crippen molar-refractivity contribution >= 4 is 35.5 Å². The smallest absolute Gasteiger partial charge is 0.320 e. The number of aromatic nitrogens is 1. The van der Waals surface area contributed by atoms with Crippen LogP contribution in [0.25, 0.3) is 12.2 Å². The van der Waals surface area contributed by atoms with Crippen LogP contribution in [-0.2, 0) is 10.2 Å². The molecule has 0 aliphatic heterocycles. The molecule has 0 fully saturated rings. The van der Waals surface area contributed by atoms with Gasteiger partial charge in [-0.25, -0.2) is 4.79 Å². The summed E-state index contributed by atoms with van der Waals surface area (Å²) in [7, 11) is 1.51. The number of benzene rings is 2. The Morgan fingerprint density at radius 1 is 0.973 bits per heavy atom. The van der Waals surface area contributed by atoms with Crippen LogP contribution in [0.5, 0.6) is 5.75 Å². The predicted octanol–water partition coefficient (Wildman–Crippen LogP) is 6.32. The van der Waals surface area contributed by atoms with Crippen LogP contribution in [0.4, 0.5) is 16.2 Å². The van der Waals surface area contributed by atoms with E-state index in [2.05, 4.69) is 41.7 Å². The van der Waals surface area contributed by atoms with Crippen molar-refractivity contribution in [3.63, 3.8) is 0 Å². The summed E-state index contributed by atoms with van der Waals surface area (Å²) in [5, 5.41) is 8.92. The van der Waals surface area contributed by atoms with Gasteiger partial charge in [0.15, 0.2) is 5.75 Å². The van der Waals surface area contributed by atoms with Crippen molar-refractivity contribution in [3.05, 3.63) is 94.8 Å². The molecule has 0 saturated carbocycles. The van der Waals surface area contributed by atoms with Crippen molar-refractivity contribution in [1.29, 1.82) is 0 Å². The molecule has 2 aromatic carbocycles. The second kappa shape index (κ2) is 10.7. The van der Waals surface area contributed by atoms with Gasteiger partial charge in [-0.1, -0.05) is 57.2 Å². The number of hydrogen-bond donors (Lipinski definition) is 3. The molecule has 1 unspecified atom stereocenters. The molecule has 1 atom stereocenters. The van der Waals surface area contributed by atoms with Gasteiger partial charge in [0.2, 0.25) is 5.91 Å². The Morgan fingerprint density at radius 3 is 2.30 bits per heavy atom. The standard InChI is InChI=1S/C30H32N4O3/c1-19(35)32-25-17-23(30(2,3)4)18-26(28(25)37-5)33-29(36)34-27-22(16-20-12-14-31-15-13-20)11-10-21-8-6-7-9-24(21)27/h6-18,27H,1-5H3,(H,32,35)(H2,33,34,36). The van der Waals surface area contributed by atoms with Gasteiger partial charge in [0, 0.05) is 19.3 Å². The third kappa shape index (κ3) is 6.06. The monoisotopic (exact) mass is 496 g/mol. The van der Waals surface area contributed by atoms with E-state index in [1.165, 1.54) is 14.0 Å². The van der Waals surface area contributed by atoms with E-state index in [0.717, 1.165) is 27.8 Å². The van der Waals surface area contributed by atoms with Crippen molar-refractivity contribution in [2.45, 2.75) is 39.2 Å². The van der Waals surface area contributed by atoms with Gasteiger partial charge < -0.3 is 20.7 Å². The maximum absolute atomic E-state index is 13.4. The summed E-state index contributed by atoms with van der Waals surface area (Å²) in [6, 6.07) is 14.8. The van der Waals surface area contributed by atoms with Gasteiger partial charge in [0.1, 0.15) is 0 Å². The molecule has 0 saturated heterocycles. The van der Waals surface area contributed by atoms with Crippen molar-refractivity contribution < 1.29 is 14.3 Å². The summed E-state index contributed by atoms with van der Waals surface area (Å²) in [6.45, 7) is 7.64. The molecule has 0 radical (unpaired) electrons. The normalized spacial score (nSPS) is 15.6. The average molecular weight is 497 g/mol. The topological polar surface area (TPSA) is 92.4 Å². The van der Waals surface area contributed by atoms with Gasteiger partial charge in [-0.05, 0) is 63.6 Å². The van der Waals surface area contributed by atoms with Crippen LogP contribution in [0, 0.1) is 0 Å². The van der Waals surface area contributed by atoms with Crippen LogP contribution in [-0.4, -0.2) is 24.0 Å². The first-order valence-electron chi connectivity index (χ1n) is 12.1. The van der Waals surface area contributed by atoms with Crippen LogP contribution in [0.15, 0.2) is 72.6 Å². The molecule has 3 aromatic rings. The van der Waals surface area contributed by atoms with Gasteiger partial charge in [0.05, 0.1) is 24.5 Å². The highest BCUT2D eigenvalue weighted by Crippen LogP contribution is 2.39. The Kier molecular flexibility index (Phi) is 7.43. The van der Waals surface area contributed by atoms with Crippen molar-refractivity contribution in [1.82, 2.24) is 10.3 Å². The first-order valence-corrected chi connectivity index (χ1v) is 12.1. The Morgan fingerprint density at radius 2 is 1.65 bits per heavy atom. The molecule has 3 N–H and O–H groups in total. The summed E-state index contributed by atoms with van der Waals surface area (Å²) in [4.78, 5) is 29.4. The molecule has 0 spiro atoms. The quantitative estimate of drug-likeness (QED) is 0.385. The molecule has 0 bridgehead atoms. The second-order valence-corrected chi connectivity index (χ2v) is 9.95. The fourth-order valence-electron chi connectivity index (χ4n) is 4.28. The van der Waals surface area contributed by atoms with E-state index < -0.39 is 6.03 Å². The number of carbonyl (C=O) groups is 2. The lowest BCUT2D eigenvalue weighted by atomic mass is 9.86. The minimum Gasteiger partial charge on any atom is -0.492 e. The highest BCUT2D eigenvalue weighted by Gasteiger charge is 2.25. The predicted molar refractivity (Wildman–Crippen MR) is 149 cm³/mol. The van der Waals surface area contributed by atoms with Crippen LogP contribution in [0.2, 0.25) is 0 Å². The molecule has 37 heavy (non-hydrogen) atoms. The summed E-state index contributed by atoms with van der Waals surface area (Å²) in [6.07, 6.45) is 9.58. The van der Waals surface area contributed by atoms with Gasteiger partial charge in [-0.15, -0.1) is 0 Å². The number of pyridine rings is 1. The maximum atomic E-state index is 13.4. The molecule has 7 nitrogen and oxygen atoms in total. The lowest BCUT2D eigenvalue weighted by molar-refractivity contribution is -0.114. The maximum Gasteiger partial charge on any atom is 0.320 e. The van der Waals surface area contributed by atoms with Crippen molar-refractivity contribution in [3.8, 4) is 5.75 Å². The zero-order valence-electron chi connectivity index (χ0n) is 21.8. The van der Waals surface area contributed by atoms with E-state index in [4.69, 9.17) is 4.74 Å². The largest absolute Gasteiger partial charge is 0.492 e. The molecule has 1 aliphatic carbocycles. The number of anilines is 2. The average Bonchev–Trinajstić information content (AvgIpc) is 2.85. The van der Waals surface area contributed by atoms with Crippen LogP contribution in [0.3, 0.4) is 0 Å². The lowest BCUT2D eigenvalue weighted by Crippen LogP contribution is -2.34. The number of rotatable bonds is 5. The minimum atomic E-state index is -0.395. The zero-order chi connectivity index (χ0) is 26.6. The number of nitrogens with one attached hydrogen (secondary N) is 3. The Hall–Kier alpha value is -4.39. The van der Waals surface area contributed by atoms with Crippen LogP contribution in [0.1, 0.15) is 56.0 Å². The van der Waals surface area contributed by atoms with Gasteiger partial charge >= 0.3 is 6.03 Å². The number of hydrogen-bond acceptors (Lipinski definition) is 4. The van der Waals surface area contributed by atoms with E-state index in [1.807, 2.05) is 66.8 Å². The fraction of sp³-hybridized carbons (Fsp3) is 0.233. The molecular weight excluding hydrogens is 464 g/mol. The molecule has 1 aliphatic rings. The number of urea groups is 1. The first-order chi connectivity index (χ1) is 17.7. The Balaban J connectivity index is 1.69. The molecule has 1 aromatic heterocycles. The molecule has 3 amide bonds. The van der Waals surface area contributed by atoms with Crippen LogP contribution >= 0.6 is 0 Å². The highest BCUT2D eigenvalue weighted by atomic mass is 16.5. The number of ether oxygens (including phenoxy) is 1. The molecule has 190 valence electrons. The molecule has 1 heterocycles. The zero-order valence-corrected chi connectivity index (χ0v) is 21.8. The fourth-order valence-corrected chi connectivity index (χ4v) is 4.28. The minimum absolute atomic E-state index is 0.222. The van der Waals surface area contributed by atoms with E-state index in [9.17, 15) is 9.59 Å². The Labute approximate surface area is 217 Å². The molecule has 4 rings (SSSR count). The Bertz CT molecular complexity index is 1370. The van der Waals surface area contributed by atoms with E-state index >= 15 is 0 Å². The first kappa shape index (κ1) is 25.7. The lowest BCUT2D eigenvalue weighted by Gasteiger charge is -2.27. The summed E-state index contributed by atoms with van der Waals surface area (Å²) in [5.41, 5.74) is 5.65. The highest BCUT2D eigenvalue weighted by molar-refractivity contribution is 5.97. The van der Waals surface area contributed by atoms with Crippen molar-refractivity contribution in [2.75, 3.05) is 17.7 Å². The summed E-state index contributed by atoms with van der Waals surface area (Å²) >= 11 is 0. The van der Waals surface area contributed by atoms with Crippen molar-refractivity contribution in [2.24, 2.45) is 0 Å². The number of nitrogens with zero attached hydrogens (tertiary/aromatic N) is 1. The number of fused-ring (bicyclic) bond motifs is 1.